The van der Waals surface area contributed by atoms with Crippen molar-refractivity contribution in [2.24, 2.45) is 0 Å². The number of nitrogens with zero attached hydrogens (tertiary/aromatic N) is 2. The maximum atomic E-state index is 13.6. The molecular weight excluding hydrogens is 446 g/mol. The highest BCUT2D eigenvalue weighted by molar-refractivity contribution is 6.01. The Morgan fingerprint density at radius 1 is 1.17 bits per heavy atom. The van der Waals surface area contributed by atoms with Gasteiger partial charge < -0.3 is 24.3 Å². The lowest BCUT2D eigenvalue weighted by Crippen LogP contribution is -2.38. The van der Waals surface area contributed by atoms with Gasteiger partial charge in [-0.2, -0.15) is 0 Å². The van der Waals surface area contributed by atoms with Crippen molar-refractivity contribution < 1.29 is 23.9 Å². The fourth-order valence-corrected chi connectivity index (χ4v) is 5.01. The maximum Gasteiger partial charge on any atom is 0.308 e. The maximum absolute atomic E-state index is 13.6. The summed E-state index contributed by atoms with van der Waals surface area (Å²) in [6, 6.07) is 11.2. The Hall–Kier alpha value is -3.13. The molecule has 2 atom stereocenters. The molecule has 0 radical (unpaired) electrons. The van der Waals surface area contributed by atoms with Crippen molar-refractivity contribution in [2.75, 3.05) is 13.2 Å². The first-order chi connectivity index (χ1) is 16.9. The highest BCUT2D eigenvalue weighted by Gasteiger charge is 2.35. The topological polar surface area (TPSA) is 89.9 Å². The van der Waals surface area contributed by atoms with Gasteiger partial charge in [0.05, 0.1) is 43.0 Å². The van der Waals surface area contributed by atoms with Crippen molar-refractivity contribution in [3.05, 3.63) is 58.9 Å². The summed E-state index contributed by atoms with van der Waals surface area (Å²) in [4.78, 5) is 41.0. The first-order valence-corrected chi connectivity index (χ1v) is 12.6. The fourth-order valence-electron chi connectivity index (χ4n) is 5.01. The molecule has 4 rings (SSSR count). The average molecular weight is 482 g/mol. The molecule has 2 amide bonds. The minimum Gasteiger partial charge on any atom is -0.463 e. The van der Waals surface area contributed by atoms with Gasteiger partial charge in [0, 0.05) is 19.1 Å². The standard InChI is InChI=1S/C27H35N3O5/c1-4-22(19-9-6-5-7-10-19)28-26(32)21-16-23(30-13-14-34-17-24(21)30)27(33)29-12-8-11-20(29)15-25(31)35-18(2)3/h5-7,9-10,16,18,20,22H,4,8,11-15,17H2,1-3H3,(H,28,32). The van der Waals surface area contributed by atoms with Gasteiger partial charge in [-0.3, -0.25) is 14.4 Å². The van der Waals surface area contributed by atoms with E-state index in [9.17, 15) is 14.4 Å². The molecule has 8 heteroatoms. The number of ether oxygens (including phenoxy) is 2. The van der Waals surface area contributed by atoms with Crippen LogP contribution in [0.3, 0.4) is 0 Å². The Bertz CT molecular complexity index is 1060. The van der Waals surface area contributed by atoms with Gasteiger partial charge in [-0.1, -0.05) is 37.3 Å². The number of hydrogen-bond acceptors (Lipinski definition) is 5. The van der Waals surface area contributed by atoms with E-state index in [-0.39, 0.29) is 49.0 Å². The smallest absolute Gasteiger partial charge is 0.308 e. The van der Waals surface area contributed by atoms with Crippen LogP contribution in [0.2, 0.25) is 0 Å². The third-order valence-electron chi connectivity index (χ3n) is 6.69. The molecule has 188 valence electrons. The number of carbonyl (C=O) groups is 3. The van der Waals surface area contributed by atoms with Crippen LogP contribution in [0.15, 0.2) is 36.4 Å². The molecule has 1 N–H and O–H groups in total. The van der Waals surface area contributed by atoms with E-state index in [1.165, 1.54) is 0 Å². The molecule has 2 unspecified atom stereocenters. The van der Waals surface area contributed by atoms with E-state index in [1.807, 2.05) is 55.7 Å². The third-order valence-corrected chi connectivity index (χ3v) is 6.69. The number of hydrogen-bond donors (Lipinski definition) is 1. The molecule has 3 heterocycles. The summed E-state index contributed by atoms with van der Waals surface area (Å²) in [5.41, 5.74) is 2.70. The minimum absolute atomic E-state index is 0.127. The van der Waals surface area contributed by atoms with Crippen LogP contribution in [0.1, 0.15) is 84.6 Å². The molecule has 2 aromatic rings. The third kappa shape index (κ3) is 5.59. The average Bonchev–Trinajstić information content (AvgIpc) is 3.47. The quantitative estimate of drug-likeness (QED) is 0.579. The Kier molecular flexibility index (Phi) is 7.90. The fraction of sp³-hybridized carbons (Fsp3) is 0.519. The van der Waals surface area contributed by atoms with Gasteiger partial charge in [-0.15, -0.1) is 0 Å². The zero-order valence-corrected chi connectivity index (χ0v) is 20.8. The van der Waals surface area contributed by atoms with Crippen LogP contribution in [-0.4, -0.2) is 52.5 Å². The molecule has 0 spiro atoms. The molecule has 2 aliphatic rings. The van der Waals surface area contributed by atoms with E-state index < -0.39 is 0 Å². The highest BCUT2D eigenvalue weighted by Crippen LogP contribution is 2.28. The van der Waals surface area contributed by atoms with Gasteiger partial charge in [-0.05, 0) is 44.7 Å². The minimum atomic E-state index is -0.290. The monoisotopic (exact) mass is 481 g/mol. The van der Waals surface area contributed by atoms with Crippen molar-refractivity contribution in [3.8, 4) is 0 Å². The Labute approximate surface area is 206 Å². The van der Waals surface area contributed by atoms with E-state index in [2.05, 4.69) is 5.32 Å². The Morgan fingerprint density at radius 2 is 1.94 bits per heavy atom. The lowest BCUT2D eigenvalue weighted by molar-refractivity contribution is -0.148. The van der Waals surface area contributed by atoms with Crippen LogP contribution >= 0.6 is 0 Å². The number of rotatable bonds is 8. The van der Waals surface area contributed by atoms with Crippen molar-refractivity contribution in [2.45, 2.75) is 77.8 Å². The van der Waals surface area contributed by atoms with Gasteiger partial charge in [0.2, 0.25) is 0 Å². The predicted molar refractivity (Wildman–Crippen MR) is 131 cm³/mol. The Morgan fingerprint density at radius 3 is 2.66 bits per heavy atom. The van der Waals surface area contributed by atoms with E-state index in [0.29, 0.717) is 31.0 Å². The summed E-state index contributed by atoms with van der Waals surface area (Å²) in [5.74, 6) is -0.656. The Balaban J connectivity index is 1.56. The van der Waals surface area contributed by atoms with E-state index in [1.54, 1.807) is 11.0 Å². The summed E-state index contributed by atoms with van der Waals surface area (Å²) < 4.78 is 12.9. The number of aromatic nitrogens is 1. The second-order valence-electron chi connectivity index (χ2n) is 9.48. The van der Waals surface area contributed by atoms with Crippen molar-refractivity contribution >= 4 is 17.8 Å². The number of carbonyl (C=O) groups excluding carboxylic acids is 3. The molecule has 0 saturated carbocycles. The van der Waals surface area contributed by atoms with E-state index in [4.69, 9.17) is 9.47 Å². The number of amides is 2. The largest absolute Gasteiger partial charge is 0.463 e. The summed E-state index contributed by atoms with van der Waals surface area (Å²) in [5, 5.41) is 3.13. The van der Waals surface area contributed by atoms with E-state index >= 15 is 0 Å². The summed E-state index contributed by atoms with van der Waals surface area (Å²) in [6.45, 7) is 7.52. The molecule has 1 fully saturated rings. The molecular formula is C27H35N3O5. The normalized spacial score (nSPS) is 18.3. The van der Waals surface area contributed by atoms with Gasteiger partial charge in [0.25, 0.3) is 11.8 Å². The molecule has 35 heavy (non-hydrogen) atoms. The number of likely N-dealkylation sites (tertiary alicyclic amines) is 1. The number of fused-ring (bicyclic) bond motifs is 1. The zero-order valence-electron chi connectivity index (χ0n) is 20.8. The SMILES string of the molecule is CCC(NC(=O)c1cc(C(=O)N2CCCC2CC(=O)OC(C)C)n2c1COCC2)c1ccccc1. The van der Waals surface area contributed by atoms with Crippen LogP contribution in [0.25, 0.3) is 0 Å². The molecule has 0 bridgehead atoms. The van der Waals surface area contributed by atoms with Crippen LogP contribution in [0.5, 0.6) is 0 Å². The second kappa shape index (κ2) is 11.1. The van der Waals surface area contributed by atoms with Crippen LogP contribution < -0.4 is 5.32 Å². The second-order valence-corrected chi connectivity index (χ2v) is 9.48. The zero-order chi connectivity index (χ0) is 24.9. The molecule has 0 aliphatic carbocycles. The van der Waals surface area contributed by atoms with Crippen molar-refractivity contribution in [3.63, 3.8) is 0 Å². The van der Waals surface area contributed by atoms with Crippen molar-refractivity contribution in [1.29, 1.82) is 0 Å². The molecule has 1 aromatic heterocycles. The first kappa shape index (κ1) is 25.0. The first-order valence-electron chi connectivity index (χ1n) is 12.6. The summed E-state index contributed by atoms with van der Waals surface area (Å²) in [7, 11) is 0. The number of nitrogens with one attached hydrogen (secondary N) is 1. The molecule has 2 aliphatic heterocycles. The van der Waals surface area contributed by atoms with Crippen LogP contribution in [0.4, 0.5) is 0 Å². The predicted octanol–water partition coefficient (Wildman–Crippen LogP) is 3.85. The summed E-state index contributed by atoms with van der Waals surface area (Å²) in [6.07, 6.45) is 2.34. The van der Waals surface area contributed by atoms with Crippen LogP contribution in [-0.2, 0) is 27.4 Å². The lowest BCUT2D eigenvalue weighted by Gasteiger charge is -2.26. The number of benzene rings is 1. The molecule has 8 nitrogen and oxygen atoms in total. The van der Waals surface area contributed by atoms with E-state index in [0.717, 1.165) is 30.5 Å². The van der Waals surface area contributed by atoms with Gasteiger partial charge in [0.1, 0.15) is 5.69 Å². The lowest BCUT2D eigenvalue weighted by atomic mass is 10.0. The van der Waals surface area contributed by atoms with Crippen LogP contribution in [0, 0.1) is 0 Å². The number of esters is 1. The summed E-state index contributed by atoms with van der Waals surface area (Å²) >= 11 is 0. The van der Waals surface area contributed by atoms with Crippen molar-refractivity contribution in [1.82, 2.24) is 14.8 Å². The van der Waals surface area contributed by atoms with Gasteiger partial charge in [-0.25, -0.2) is 0 Å². The highest BCUT2D eigenvalue weighted by atomic mass is 16.5. The van der Waals surface area contributed by atoms with Gasteiger partial charge in [0.15, 0.2) is 0 Å². The van der Waals surface area contributed by atoms with Gasteiger partial charge >= 0.3 is 5.97 Å². The molecule has 1 saturated heterocycles. The molecule has 1 aromatic carbocycles.